The van der Waals surface area contributed by atoms with Crippen LogP contribution in [0.1, 0.15) is 59.1 Å². The first-order valence-electron chi connectivity index (χ1n) is 9.25. The van der Waals surface area contributed by atoms with Gasteiger partial charge in [0, 0.05) is 30.3 Å². The Kier molecular flexibility index (Phi) is 5.35. The molecular formula is C22H24F4O. The van der Waals surface area contributed by atoms with E-state index in [0.717, 1.165) is 23.3 Å². The first-order chi connectivity index (χ1) is 12.7. The number of halogens is 4. The Labute approximate surface area is 157 Å². The van der Waals surface area contributed by atoms with Crippen LogP contribution in [-0.2, 0) is 16.6 Å². The van der Waals surface area contributed by atoms with Crippen LogP contribution in [0.5, 0.6) is 0 Å². The van der Waals surface area contributed by atoms with Crippen molar-refractivity contribution < 1.29 is 22.3 Å². The van der Waals surface area contributed by atoms with Crippen molar-refractivity contribution >= 4 is 0 Å². The normalized spacial score (nSPS) is 17.9. The molecule has 0 atom stereocenters. The van der Waals surface area contributed by atoms with Crippen molar-refractivity contribution in [3.63, 3.8) is 0 Å². The maximum absolute atomic E-state index is 15.0. The molecule has 0 N–H and O–H groups in total. The predicted octanol–water partition coefficient (Wildman–Crippen LogP) is 6.45. The highest BCUT2D eigenvalue weighted by molar-refractivity contribution is 5.51. The van der Waals surface area contributed by atoms with Gasteiger partial charge < -0.3 is 4.74 Å². The highest BCUT2D eigenvalue weighted by Crippen LogP contribution is 2.56. The van der Waals surface area contributed by atoms with Crippen LogP contribution in [0, 0.1) is 13.8 Å². The van der Waals surface area contributed by atoms with E-state index in [9.17, 15) is 17.6 Å². The van der Waals surface area contributed by atoms with E-state index in [0.29, 0.717) is 37.2 Å². The zero-order chi connectivity index (χ0) is 19.8. The van der Waals surface area contributed by atoms with Gasteiger partial charge in [-0.25, -0.2) is 0 Å². The summed E-state index contributed by atoms with van der Waals surface area (Å²) < 4.78 is 65.3. The molecule has 0 unspecified atom stereocenters. The fourth-order valence-electron chi connectivity index (χ4n) is 3.86. The van der Waals surface area contributed by atoms with Crippen molar-refractivity contribution in [2.24, 2.45) is 0 Å². The molecule has 1 aliphatic carbocycles. The molecule has 0 radical (unpaired) electrons. The monoisotopic (exact) mass is 380 g/mol. The summed E-state index contributed by atoms with van der Waals surface area (Å²) in [5.74, 6) is -9.06. The van der Waals surface area contributed by atoms with E-state index >= 15 is 0 Å². The predicted molar refractivity (Wildman–Crippen MR) is 97.7 cm³/mol. The Bertz CT molecular complexity index is 766. The van der Waals surface area contributed by atoms with Crippen LogP contribution < -0.4 is 0 Å². The second-order valence-electron chi connectivity index (χ2n) is 7.22. The summed E-state index contributed by atoms with van der Waals surface area (Å²) in [6, 6.07) is 8.52. The van der Waals surface area contributed by atoms with Crippen LogP contribution >= 0.6 is 0 Å². The average Bonchev–Trinajstić information content (AvgIpc) is 2.65. The van der Waals surface area contributed by atoms with E-state index in [1.165, 1.54) is 12.1 Å². The number of alkyl halides is 4. The van der Waals surface area contributed by atoms with Crippen molar-refractivity contribution in [3.8, 4) is 0 Å². The fourth-order valence-corrected chi connectivity index (χ4v) is 3.86. The molecule has 3 rings (SSSR count). The third-order valence-corrected chi connectivity index (χ3v) is 5.22. The van der Waals surface area contributed by atoms with Crippen LogP contribution in [0.25, 0.3) is 0 Å². The largest absolute Gasteiger partial charge is 0.382 e. The summed E-state index contributed by atoms with van der Waals surface area (Å²) in [7, 11) is 0. The summed E-state index contributed by atoms with van der Waals surface area (Å²) in [5.41, 5.74) is 0.986. The van der Waals surface area contributed by atoms with Crippen LogP contribution in [0.3, 0.4) is 0 Å². The molecule has 0 aliphatic heterocycles. The van der Waals surface area contributed by atoms with Crippen LogP contribution in [-0.4, -0.2) is 13.2 Å². The van der Waals surface area contributed by atoms with Crippen molar-refractivity contribution in [2.45, 2.75) is 51.4 Å². The Balaban J connectivity index is 2.23. The molecule has 2 aromatic carbocycles. The molecular weight excluding hydrogens is 356 g/mol. The molecule has 0 fully saturated rings. The van der Waals surface area contributed by atoms with E-state index in [1.54, 1.807) is 26.0 Å². The Morgan fingerprint density at radius 1 is 0.852 bits per heavy atom. The van der Waals surface area contributed by atoms with E-state index in [1.807, 2.05) is 6.92 Å². The zero-order valence-electron chi connectivity index (χ0n) is 15.8. The lowest BCUT2D eigenvalue weighted by atomic mass is 9.83. The molecule has 0 aromatic heterocycles. The molecule has 0 saturated heterocycles. The van der Waals surface area contributed by atoms with E-state index in [2.05, 4.69) is 0 Å². The van der Waals surface area contributed by atoms with Gasteiger partial charge in [0.2, 0.25) is 0 Å². The van der Waals surface area contributed by atoms with Gasteiger partial charge in [0.05, 0.1) is 0 Å². The summed E-state index contributed by atoms with van der Waals surface area (Å²) in [6.07, 6.45) is 1.08. The molecule has 0 heterocycles. The zero-order valence-corrected chi connectivity index (χ0v) is 15.8. The SMILES string of the molecule is CCOCCCC1c2cc(C)ccc2C(F)(F)C(F)(F)c2ccc(C)cc21. The molecule has 1 aliphatic rings. The van der Waals surface area contributed by atoms with Crippen LogP contribution in [0.4, 0.5) is 17.6 Å². The number of fused-ring (bicyclic) bond motifs is 2. The Hall–Kier alpha value is -1.88. The molecule has 146 valence electrons. The standard InChI is InChI=1S/C22H24F4O/c1-4-27-11-5-6-16-17-12-14(2)7-9-19(17)21(23,24)22(25,26)20-10-8-15(3)13-18(16)20/h7-10,12-13,16H,4-6,11H2,1-3H3. The van der Waals surface area contributed by atoms with Gasteiger partial charge in [-0.15, -0.1) is 0 Å². The first kappa shape index (κ1) is 19.9. The van der Waals surface area contributed by atoms with E-state index in [-0.39, 0.29) is 0 Å². The topological polar surface area (TPSA) is 9.23 Å². The first-order valence-corrected chi connectivity index (χ1v) is 9.25. The summed E-state index contributed by atoms with van der Waals surface area (Å²) >= 11 is 0. The molecule has 2 aromatic rings. The Morgan fingerprint density at radius 2 is 1.33 bits per heavy atom. The minimum atomic E-state index is -4.27. The summed E-state index contributed by atoms with van der Waals surface area (Å²) in [6.45, 7) is 6.49. The summed E-state index contributed by atoms with van der Waals surface area (Å²) in [5, 5.41) is 0. The van der Waals surface area contributed by atoms with Crippen molar-refractivity contribution in [3.05, 3.63) is 69.8 Å². The molecule has 0 saturated carbocycles. The van der Waals surface area contributed by atoms with Gasteiger partial charge in [-0.05, 0) is 44.7 Å². The lowest BCUT2D eigenvalue weighted by molar-refractivity contribution is -0.223. The summed E-state index contributed by atoms with van der Waals surface area (Å²) in [4.78, 5) is 0. The quantitative estimate of drug-likeness (QED) is 0.428. The van der Waals surface area contributed by atoms with Gasteiger partial charge in [0.15, 0.2) is 0 Å². The second kappa shape index (κ2) is 7.27. The maximum atomic E-state index is 15.0. The van der Waals surface area contributed by atoms with E-state index < -0.39 is 28.9 Å². The number of ether oxygens (including phenoxy) is 1. The van der Waals surface area contributed by atoms with Crippen molar-refractivity contribution in [1.82, 2.24) is 0 Å². The van der Waals surface area contributed by atoms with Gasteiger partial charge in [-0.3, -0.25) is 0 Å². The number of benzene rings is 2. The molecule has 0 bridgehead atoms. The highest BCUT2D eigenvalue weighted by Gasteiger charge is 2.62. The smallest absolute Gasteiger partial charge is 0.340 e. The number of rotatable bonds is 5. The van der Waals surface area contributed by atoms with Gasteiger partial charge in [-0.1, -0.05) is 47.5 Å². The van der Waals surface area contributed by atoms with Gasteiger partial charge >= 0.3 is 11.8 Å². The lowest BCUT2D eigenvalue weighted by Crippen LogP contribution is -2.35. The fraction of sp³-hybridized carbons (Fsp3) is 0.455. The van der Waals surface area contributed by atoms with E-state index in [4.69, 9.17) is 4.74 Å². The van der Waals surface area contributed by atoms with Crippen molar-refractivity contribution in [1.29, 1.82) is 0 Å². The molecule has 0 amide bonds. The Morgan fingerprint density at radius 3 is 1.78 bits per heavy atom. The minimum Gasteiger partial charge on any atom is -0.382 e. The third kappa shape index (κ3) is 3.38. The average molecular weight is 380 g/mol. The molecule has 0 spiro atoms. The number of hydrogen-bond acceptors (Lipinski definition) is 1. The van der Waals surface area contributed by atoms with Gasteiger partial charge in [-0.2, -0.15) is 17.6 Å². The lowest BCUT2D eigenvalue weighted by Gasteiger charge is -2.27. The highest BCUT2D eigenvalue weighted by atomic mass is 19.3. The van der Waals surface area contributed by atoms with Gasteiger partial charge in [0.1, 0.15) is 0 Å². The number of aryl methyl sites for hydroxylation is 2. The number of hydrogen-bond donors (Lipinski definition) is 0. The second-order valence-corrected chi connectivity index (χ2v) is 7.22. The van der Waals surface area contributed by atoms with Crippen LogP contribution in [0.2, 0.25) is 0 Å². The van der Waals surface area contributed by atoms with Gasteiger partial charge in [0.25, 0.3) is 0 Å². The molecule has 5 heteroatoms. The maximum Gasteiger partial charge on any atom is 0.340 e. The molecule has 27 heavy (non-hydrogen) atoms. The minimum absolute atomic E-state index is 0.292. The van der Waals surface area contributed by atoms with Crippen LogP contribution in [0.15, 0.2) is 36.4 Å². The van der Waals surface area contributed by atoms with Crippen molar-refractivity contribution in [2.75, 3.05) is 13.2 Å². The molecule has 1 nitrogen and oxygen atoms in total. The third-order valence-electron chi connectivity index (χ3n) is 5.22.